The Morgan fingerprint density at radius 3 is 2.79 bits per heavy atom. The van der Waals surface area contributed by atoms with Gasteiger partial charge in [-0.15, -0.1) is 10.2 Å². The number of nitrogens with zero attached hydrogens (tertiary/aromatic N) is 3. The Hall–Kier alpha value is -0.550. The van der Waals surface area contributed by atoms with E-state index >= 15 is 0 Å². The average Bonchev–Trinajstić information content (AvgIpc) is 2.49. The molecule has 0 fully saturated rings. The molecular weight excluding hydrogens is 196 g/mol. The van der Waals surface area contributed by atoms with Gasteiger partial charge in [-0.05, 0) is 31.9 Å². The molecular formula is C9H18N4S. The maximum absolute atomic E-state index is 4.08. The van der Waals surface area contributed by atoms with Crippen LogP contribution in [0.4, 0.5) is 0 Å². The fourth-order valence-corrected chi connectivity index (χ4v) is 1.58. The van der Waals surface area contributed by atoms with E-state index in [4.69, 9.17) is 0 Å². The van der Waals surface area contributed by atoms with Crippen molar-refractivity contribution in [2.24, 2.45) is 7.05 Å². The van der Waals surface area contributed by atoms with E-state index in [1.165, 1.54) is 12.2 Å². The van der Waals surface area contributed by atoms with Crippen LogP contribution in [0.5, 0.6) is 0 Å². The van der Waals surface area contributed by atoms with Crippen molar-refractivity contribution in [2.75, 3.05) is 18.6 Å². The molecule has 0 aliphatic carbocycles. The molecule has 0 saturated carbocycles. The molecule has 5 heteroatoms. The van der Waals surface area contributed by atoms with Gasteiger partial charge in [0.25, 0.3) is 0 Å². The van der Waals surface area contributed by atoms with Gasteiger partial charge < -0.3 is 9.88 Å². The SMILES string of the molecule is CSCCCNCc1nnc(C)n1C. The van der Waals surface area contributed by atoms with Gasteiger partial charge in [-0.3, -0.25) is 0 Å². The van der Waals surface area contributed by atoms with Crippen LogP contribution in [-0.2, 0) is 13.6 Å². The maximum Gasteiger partial charge on any atom is 0.146 e. The van der Waals surface area contributed by atoms with E-state index in [2.05, 4.69) is 21.8 Å². The van der Waals surface area contributed by atoms with E-state index in [0.717, 1.165) is 24.7 Å². The van der Waals surface area contributed by atoms with Gasteiger partial charge in [0.2, 0.25) is 0 Å². The number of rotatable bonds is 6. The number of nitrogens with one attached hydrogen (secondary N) is 1. The summed E-state index contributed by atoms with van der Waals surface area (Å²) in [5.41, 5.74) is 0. The van der Waals surface area contributed by atoms with E-state index < -0.39 is 0 Å². The van der Waals surface area contributed by atoms with Gasteiger partial charge in [0, 0.05) is 7.05 Å². The second kappa shape index (κ2) is 6.03. The molecule has 0 amide bonds. The zero-order valence-electron chi connectivity index (χ0n) is 9.08. The van der Waals surface area contributed by atoms with E-state index in [1.54, 1.807) is 0 Å². The lowest BCUT2D eigenvalue weighted by molar-refractivity contribution is 0.628. The summed E-state index contributed by atoms with van der Waals surface area (Å²) in [6.07, 6.45) is 3.34. The number of aromatic nitrogens is 3. The van der Waals surface area contributed by atoms with E-state index in [-0.39, 0.29) is 0 Å². The molecule has 1 aromatic rings. The summed E-state index contributed by atoms with van der Waals surface area (Å²) in [6.45, 7) is 3.82. The first kappa shape index (κ1) is 11.5. The number of hydrogen-bond donors (Lipinski definition) is 1. The minimum absolute atomic E-state index is 0.811. The summed E-state index contributed by atoms with van der Waals surface area (Å²) in [7, 11) is 1.99. The Morgan fingerprint density at radius 2 is 2.21 bits per heavy atom. The third kappa shape index (κ3) is 3.31. The lowest BCUT2D eigenvalue weighted by Crippen LogP contribution is -2.18. The van der Waals surface area contributed by atoms with Crippen LogP contribution in [0, 0.1) is 6.92 Å². The summed E-state index contributed by atoms with van der Waals surface area (Å²) >= 11 is 1.88. The van der Waals surface area contributed by atoms with Crippen LogP contribution in [-0.4, -0.2) is 33.3 Å². The largest absolute Gasteiger partial charge is 0.317 e. The zero-order valence-corrected chi connectivity index (χ0v) is 9.89. The number of aryl methyl sites for hydroxylation is 1. The van der Waals surface area contributed by atoms with Crippen LogP contribution in [0.25, 0.3) is 0 Å². The van der Waals surface area contributed by atoms with Gasteiger partial charge in [0.05, 0.1) is 6.54 Å². The first-order valence-corrected chi connectivity index (χ1v) is 6.19. The molecule has 0 unspecified atom stereocenters. The molecule has 1 heterocycles. The van der Waals surface area contributed by atoms with Crippen LogP contribution in [0.2, 0.25) is 0 Å². The summed E-state index contributed by atoms with van der Waals surface area (Å²) in [6, 6.07) is 0. The Bertz CT molecular complexity index is 272. The van der Waals surface area contributed by atoms with E-state index in [0.29, 0.717) is 0 Å². The maximum atomic E-state index is 4.08. The minimum atomic E-state index is 0.811. The van der Waals surface area contributed by atoms with Crippen molar-refractivity contribution < 1.29 is 0 Å². The fourth-order valence-electron chi connectivity index (χ4n) is 1.15. The predicted octanol–water partition coefficient (Wildman–Crippen LogP) is 0.966. The summed E-state index contributed by atoms with van der Waals surface area (Å²) in [5, 5.41) is 11.4. The molecule has 0 aliphatic heterocycles. The number of hydrogen-bond acceptors (Lipinski definition) is 4. The summed E-state index contributed by atoms with van der Waals surface area (Å²) in [4.78, 5) is 0. The number of thioether (sulfide) groups is 1. The van der Waals surface area contributed by atoms with E-state index in [1.807, 2.05) is 30.3 Å². The minimum Gasteiger partial charge on any atom is -0.317 e. The van der Waals surface area contributed by atoms with Crippen LogP contribution in [0.1, 0.15) is 18.1 Å². The van der Waals surface area contributed by atoms with Gasteiger partial charge in [-0.25, -0.2) is 0 Å². The van der Waals surface area contributed by atoms with Crippen molar-refractivity contribution in [3.05, 3.63) is 11.6 Å². The monoisotopic (exact) mass is 214 g/mol. The van der Waals surface area contributed by atoms with Crippen molar-refractivity contribution in [2.45, 2.75) is 19.9 Å². The Labute approximate surface area is 89.5 Å². The Kier molecular flexibility index (Phi) is 4.97. The molecule has 4 nitrogen and oxygen atoms in total. The van der Waals surface area contributed by atoms with Crippen molar-refractivity contribution in [3.63, 3.8) is 0 Å². The van der Waals surface area contributed by atoms with Gasteiger partial charge in [-0.1, -0.05) is 0 Å². The van der Waals surface area contributed by atoms with Crippen LogP contribution >= 0.6 is 11.8 Å². The Balaban J connectivity index is 2.21. The lowest BCUT2D eigenvalue weighted by atomic mass is 10.4. The molecule has 1 aromatic heterocycles. The average molecular weight is 214 g/mol. The van der Waals surface area contributed by atoms with Crippen molar-refractivity contribution in [1.29, 1.82) is 0 Å². The highest BCUT2D eigenvalue weighted by atomic mass is 32.2. The first-order valence-electron chi connectivity index (χ1n) is 4.80. The smallest absolute Gasteiger partial charge is 0.146 e. The highest BCUT2D eigenvalue weighted by Crippen LogP contribution is 1.97. The third-order valence-corrected chi connectivity index (χ3v) is 2.86. The predicted molar refractivity (Wildman–Crippen MR) is 60.4 cm³/mol. The molecule has 0 aromatic carbocycles. The molecule has 14 heavy (non-hydrogen) atoms. The van der Waals surface area contributed by atoms with Gasteiger partial charge in [-0.2, -0.15) is 11.8 Å². The molecule has 0 bridgehead atoms. The van der Waals surface area contributed by atoms with E-state index in [9.17, 15) is 0 Å². The first-order chi connectivity index (χ1) is 6.75. The highest BCUT2D eigenvalue weighted by Gasteiger charge is 2.02. The second-order valence-electron chi connectivity index (χ2n) is 3.25. The van der Waals surface area contributed by atoms with Gasteiger partial charge >= 0.3 is 0 Å². The zero-order chi connectivity index (χ0) is 10.4. The molecule has 0 atom stereocenters. The highest BCUT2D eigenvalue weighted by molar-refractivity contribution is 7.98. The van der Waals surface area contributed by atoms with Crippen LogP contribution < -0.4 is 5.32 Å². The van der Waals surface area contributed by atoms with Crippen molar-refractivity contribution in [1.82, 2.24) is 20.1 Å². The molecule has 0 radical (unpaired) electrons. The normalized spacial score (nSPS) is 10.8. The van der Waals surface area contributed by atoms with Gasteiger partial charge in [0.1, 0.15) is 11.6 Å². The summed E-state index contributed by atoms with van der Waals surface area (Å²) < 4.78 is 2.02. The summed E-state index contributed by atoms with van der Waals surface area (Å²) in [5.74, 6) is 3.18. The molecule has 1 rings (SSSR count). The molecule has 0 spiro atoms. The quantitative estimate of drug-likeness (QED) is 0.717. The Morgan fingerprint density at radius 1 is 1.43 bits per heavy atom. The topological polar surface area (TPSA) is 42.7 Å². The van der Waals surface area contributed by atoms with Crippen molar-refractivity contribution >= 4 is 11.8 Å². The third-order valence-electron chi connectivity index (χ3n) is 2.17. The lowest BCUT2D eigenvalue weighted by Gasteiger charge is -2.03. The van der Waals surface area contributed by atoms with Crippen molar-refractivity contribution in [3.8, 4) is 0 Å². The molecule has 1 N–H and O–H groups in total. The standard InChI is InChI=1S/C9H18N4S/c1-8-11-12-9(13(8)2)7-10-5-4-6-14-3/h10H,4-7H2,1-3H3. The molecule has 0 aliphatic rings. The van der Waals surface area contributed by atoms with Crippen LogP contribution in [0.3, 0.4) is 0 Å². The molecule has 80 valence electrons. The second-order valence-corrected chi connectivity index (χ2v) is 4.23. The van der Waals surface area contributed by atoms with Gasteiger partial charge in [0.15, 0.2) is 0 Å². The molecule has 0 saturated heterocycles. The van der Waals surface area contributed by atoms with Crippen LogP contribution in [0.15, 0.2) is 0 Å². The fraction of sp³-hybridized carbons (Fsp3) is 0.778.